The molecule has 0 radical (unpaired) electrons. The van der Waals surface area contributed by atoms with Crippen molar-refractivity contribution in [2.75, 3.05) is 0 Å². The summed E-state index contributed by atoms with van der Waals surface area (Å²) in [7, 11) is -2.80. The maximum atomic E-state index is 6.36. The second-order valence-corrected chi connectivity index (χ2v) is 9.55. The van der Waals surface area contributed by atoms with Crippen LogP contribution in [0.4, 0.5) is 0 Å². The van der Waals surface area contributed by atoms with Crippen molar-refractivity contribution in [3.63, 3.8) is 0 Å². The summed E-state index contributed by atoms with van der Waals surface area (Å²) in [5, 5.41) is 1.31. The lowest BCUT2D eigenvalue weighted by Gasteiger charge is -2.36. The van der Waals surface area contributed by atoms with Gasteiger partial charge in [0.05, 0.1) is 0 Å². The Morgan fingerprint density at radius 2 is 1.18 bits per heavy atom. The second kappa shape index (κ2) is 9.86. The van der Waals surface area contributed by atoms with Gasteiger partial charge in [0.1, 0.15) is 0 Å². The van der Waals surface area contributed by atoms with Crippen LogP contribution in [0.15, 0.2) is 11.3 Å². The predicted molar refractivity (Wildman–Crippen MR) is 94.8 cm³/mol. The summed E-state index contributed by atoms with van der Waals surface area (Å²) in [4.78, 5) is 0. The minimum Gasteiger partial charge on any atom is -0.368 e. The van der Waals surface area contributed by atoms with Crippen LogP contribution in [0.2, 0.25) is 0 Å². The van der Waals surface area contributed by atoms with Gasteiger partial charge >= 0.3 is 8.80 Å². The Labute approximate surface area is 138 Å². The van der Waals surface area contributed by atoms with Crippen molar-refractivity contribution < 1.29 is 13.3 Å². The Balaban J connectivity index is 3.10. The molecule has 0 spiro atoms. The number of hydrogen-bond acceptors (Lipinski definition) is 3. The first-order valence-electron chi connectivity index (χ1n) is 9.08. The highest BCUT2D eigenvalue weighted by atomic mass is 28.4. The Hall–Kier alpha value is -0.163. The lowest BCUT2D eigenvalue weighted by atomic mass is 10.1. The Morgan fingerprint density at radius 3 is 1.68 bits per heavy atom. The van der Waals surface area contributed by atoms with E-state index in [-0.39, 0.29) is 18.3 Å². The third kappa shape index (κ3) is 6.94. The van der Waals surface area contributed by atoms with Gasteiger partial charge in [0.15, 0.2) is 0 Å². The summed E-state index contributed by atoms with van der Waals surface area (Å²) in [5.74, 6) is 0. The normalized spacial score (nSPS) is 18.3. The van der Waals surface area contributed by atoms with Crippen LogP contribution >= 0.6 is 0 Å². The van der Waals surface area contributed by atoms with Crippen LogP contribution in [0, 0.1) is 0 Å². The maximum Gasteiger partial charge on any atom is 0.533 e. The highest BCUT2D eigenvalue weighted by Crippen LogP contribution is 2.31. The van der Waals surface area contributed by atoms with Gasteiger partial charge in [-0.05, 0) is 72.4 Å². The molecule has 0 unspecified atom stereocenters. The lowest BCUT2D eigenvalue weighted by Crippen LogP contribution is -2.52. The molecule has 0 heterocycles. The molecule has 4 heteroatoms. The van der Waals surface area contributed by atoms with Crippen LogP contribution in [-0.4, -0.2) is 27.1 Å². The van der Waals surface area contributed by atoms with Crippen molar-refractivity contribution in [1.82, 2.24) is 0 Å². The van der Waals surface area contributed by atoms with Gasteiger partial charge in [0.25, 0.3) is 0 Å². The molecule has 22 heavy (non-hydrogen) atoms. The minimum absolute atomic E-state index is 0.109. The van der Waals surface area contributed by atoms with Crippen molar-refractivity contribution in [2.45, 2.75) is 105 Å². The van der Waals surface area contributed by atoms with Gasteiger partial charge in [0.2, 0.25) is 0 Å². The first kappa shape index (κ1) is 19.9. The van der Waals surface area contributed by atoms with E-state index in [1.807, 2.05) is 0 Å². The van der Waals surface area contributed by atoms with Gasteiger partial charge in [-0.3, -0.25) is 0 Å². The minimum atomic E-state index is -2.80. The molecule has 1 aliphatic rings. The Bertz CT molecular complexity index is 311. The first-order valence-corrected chi connectivity index (χ1v) is 10.8. The monoisotopic (exact) mass is 328 g/mol. The zero-order valence-corrected chi connectivity index (χ0v) is 16.5. The van der Waals surface area contributed by atoms with E-state index in [4.69, 9.17) is 13.3 Å². The fraction of sp³-hybridized carbons (Fsp3) is 0.889. The average molecular weight is 329 g/mol. The molecular weight excluding hydrogens is 292 g/mol. The molecule has 0 aliphatic heterocycles. The molecule has 0 amide bonds. The summed E-state index contributed by atoms with van der Waals surface area (Å²) < 4.78 is 19.1. The molecular formula is C18H36O3Si. The number of hydrogen-bond donors (Lipinski definition) is 0. The Kier molecular flexibility index (Phi) is 8.91. The van der Waals surface area contributed by atoms with E-state index >= 15 is 0 Å². The molecule has 1 aliphatic carbocycles. The van der Waals surface area contributed by atoms with Crippen LogP contribution in [0.5, 0.6) is 0 Å². The molecule has 0 saturated heterocycles. The summed E-state index contributed by atoms with van der Waals surface area (Å²) in [6.07, 6.45) is 11.3. The van der Waals surface area contributed by atoms with Gasteiger partial charge < -0.3 is 13.3 Å². The molecule has 3 nitrogen and oxygen atoms in total. The standard InChI is InChI=1S/C18H36O3Si/c1-15(2)19-22(20-16(3)4,21-17(5)6)18-13-11-9-7-8-10-12-14-18/h13,15-17H,7-12,14H2,1-6H3. The molecule has 130 valence electrons. The van der Waals surface area contributed by atoms with E-state index in [2.05, 4.69) is 47.6 Å². The first-order chi connectivity index (χ1) is 10.4. The highest BCUT2D eigenvalue weighted by molar-refractivity contribution is 6.69. The third-order valence-electron chi connectivity index (χ3n) is 3.61. The van der Waals surface area contributed by atoms with E-state index in [1.54, 1.807) is 0 Å². The second-order valence-electron chi connectivity index (χ2n) is 7.09. The van der Waals surface area contributed by atoms with E-state index in [0.29, 0.717) is 0 Å². The fourth-order valence-corrected chi connectivity index (χ4v) is 6.25. The fourth-order valence-electron chi connectivity index (χ4n) is 2.89. The largest absolute Gasteiger partial charge is 0.533 e. The van der Waals surface area contributed by atoms with E-state index in [9.17, 15) is 0 Å². The maximum absolute atomic E-state index is 6.36. The van der Waals surface area contributed by atoms with E-state index < -0.39 is 8.80 Å². The van der Waals surface area contributed by atoms with Gasteiger partial charge in [-0.1, -0.05) is 25.3 Å². The number of rotatable bonds is 7. The van der Waals surface area contributed by atoms with Gasteiger partial charge in [-0.25, -0.2) is 0 Å². The topological polar surface area (TPSA) is 27.7 Å². The summed E-state index contributed by atoms with van der Waals surface area (Å²) in [6.45, 7) is 12.4. The molecule has 0 aromatic carbocycles. The smallest absolute Gasteiger partial charge is 0.368 e. The van der Waals surface area contributed by atoms with Crippen molar-refractivity contribution in [1.29, 1.82) is 0 Å². The molecule has 0 atom stereocenters. The quantitative estimate of drug-likeness (QED) is 0.585. The van der Waals surface area contributed by atoms with Crippen LogP contribution < -0.4 is 0 Å². The zero-order valence-electron chi connectivity index (χ0n) is 15.5. The lowest BCUT2D eigenvalue weighted by molar-refractivity contribution is 0.0102. The number of allylic oxidation sites excluding steroid dienone is 2. The van der Waals surface area contributed by atoms with Gasteiger partial charge in [-0.2, -0.15) is 0 Å². The van der Waals surface area contributed by atoms with Crippen LogP contribution in [-0.2, 0) is 13.3 Å². The summed E-state index contributed by atoms with van der Waals surface area (Å²) >= 11 is 0. The molecule has 0 N–H and O–H groups in total. The van der Waals surface area contributed by atoms with E-state index in [1.165, 1.54) is 37.3 Å². The van der Waals surface area contributed by atoms with Crippen LogP contribution in [0.1, 0.15) is 86.5 Å². The van der Waals surface area contributed by atoms with Crippen LogP contribution in [0.25, 0.3) is 0 Å². The van der Waals surface area contributed by atoms with Crippen molar-refractivity contribution in [3.8, 4) is 0 Å². The zero-order chi connectivity index (χ0) is 16.6. The van der Waals surface area contributed by atoms with Gasteiger partial charge in [0, 0.05) is 18.3 Å². The SMILES string of the molecule is CC(C)O[Si](OC(C)C)(OC(C)C)C1=CCCCCCCC1. The summed E-state index contributed by atoms with van der Waals surface area (Å²) in [5.41, 5.74) is 0. The molecule has 0 aromatic heterocycles. The van der Waals surface area contributed by atoms with Crippen LogP contribution in [0.3, 0.4) is 0 Å². The van der Waals surface area contributed by atoms with Crippen molar-refractivity contribution in [3.05, 3.63) is 11.3 Å². The molecule has 1 rings (SSSR count). The van der Waals surface area contributed by atoms with E-state index in [0.717, 1.165) is 12.8 Å². The Morgan fingerprint density at radius 1 is 0.727 bits per heavy atom. The molecule has 0 saturated carbocycles. The highest BCUT2D eigenvalue weighted by Gasteiger charge is 2.47. The summed E-state index contributed by atoms with van der Waals surface area (Å²) in [6, 6.07) is 0. The molecule has 0 bridgehead atoms. The third-order valence-corrected chi connectivity index (χ3v) is 7.19. The molecule has 0 aromatic rings. The molecule has 0 fully saturated rings. The van der Waals surface area contributed by atoms with Crippen molar-refractivity contribution >= 4 is 8.80 Å². The average Bonchev–Trinajstić information content (AvgIpc) is 2.49. The predicted octanol–water partition coefficient (Wildman–Crippen LogP) is 5.41. The van der Waals surface area contributed by atoms with Gasteiger partial charge in [-0.15, -0.1) is 0 Å². The van der Waals surface area contributed by atoms with Crippen molar-refractivity contribution in [2.24, 2.45) is 0 Å².